The van der Waals surface area contributed by atoms with Crippen LogP contribution >= 0.6 is 0 Å². The van der Waals surface area contributed by atoms with Gasteiger partial charge in [0.1, 0.15) is 5.82 Å². The van der Waals surface area contributed by atoms with Crippen molar-refractivity contribution in [2.45, 2.75) is 50.9 Å². The monoisotopic (exact) mass is 236 g/mol. The van der Waals surface area contributed by atoms with Crippen LogP contribution in [0.5, 0.6) is 0 Å². The van der Waals surface area contributed by atoms with Gasteiger partial charge in [-0.25, -0.2) is 4.39 Å². The molecule has 0 radical (unpaired) electrons. The maximum atomic E-state index is 14.0. The van der Waals surface area contributed by atoms with E-state index in [4.69, 9.17) is 5.11 Å². The van der Waals surface area contributed by atoms with Crippen LogP contribution in [-0.4, -0.2) is 11.7 Å². The van der Waals surface area contributed by atoms with E-state index in [1.807, 2.05) is 12.1 Å². The zero-order valence-electron chi connectivity index (χ0n) is 10.3. The first-order valence-electron chi connectivity index (χ1n) is 6.70. The second-order valence-electron chi connectivity index (χ2n) is 5.02. The Morgan fingerprint density at radius 3 is 2.59 bits per heavy atom. The van der Waals surface area contributed by atoms with Crippen molar-refractivity contribution in [3.63, 3.8) is 0 Å². The molecule has 1 aliphatic carbocycles. The minimum absolute atomic E-state index is 0.0488. The van der Waals surface area contributed by atoms with Crippen molar-refractivity contribution >= 4 is 0 Å². The van der Waals surface area contributed by atoms with E-state index in [0.717, 1.165) is 30.4 Å². The molecule has 0 aromatic heterocycles. The summed E-state index contributed by atoms with van der Waals surface area (Å²) in [5.41, 5.74) is 1.90. The van der Waals surface area contributed by atoms with Crippen molar-refractivity contribution in [3.8, 4) is 0 Å². The number of benzene rings is 1. The molecule has 1 N–H and O–H groups in total. The molecule has 0 atom stereocenters. The fourth-order valence-corrected chi connectivity index (χ4v) is 2.75. The molecule has 1 aromatic carbocycles. The highest BCUT2D eigenvalue weighted by Crippen LogP contribution is 2.34. The van der Waals surface area contributed by atoms with Crippen molar-refractivity contribution < 1.29 is 9.50 Å². The summed E-state index contributed by atoms with van der Waals surface area (Å²) in [7, 11) is 0. The minimum atomic E-state index is -0.0488. The Kier molecular flexibility index (Phi) is 4.55. The molecule has 94 valence electrons. The van der Waals surface area contributed by atoms with Crippen LogP contribution in [0.3, 0.4) is 0 Å². The lowest BCUT2D eigenvalue weighted by molar-refractivity contribution is 0.288. The third kappa shape index (κ3) is 3.29. The van der Waals surface area contributed by atoms with Gasteiger partial charge in [-0.05, 0) is 48.8 Å². The molecule has 0 unspecified atom stereocenters. The Morgan fingerprint density at radius 2 is 1.94 bits per heavy atom. The molecule has 0 spiro atoms. The fourth-order valence-electron chi connectivity index (χ4n) is 2.75. The molecule has 1 aromatic rings. The number of rotatable bonds is 4. The van der Waals surface area contributed by atoms with Crippen molar-refractivity contribution in [1.82, 2.24) is 0 Å². The first-order chi connectivity index (χ1) is 8.31. The lowest BCUT2D eigenvalue weighted by atomic mass is 9.83. The summed E-state index contributed by atoms with van der Waals surface area (Å²) in [6.45, 7) is 0.173. The van der Waals surface area contributed by atoms with Crippen LogP contribution in [-0.2, 0) is 6.42 Å². The maximum Gasteiger partial charge on any atom is 0.126 e. The molecule has 0 saturated heterocycles. The van der Waals surface area contributed by atoms with Gasteiger partial charge in [0.25, 0.3) is 0 Å². The average molecular weight is 236 g/mol. The summed E-state index contributed by atoms with van der Waals surface area (Å²) >= 11 is 0. The van der Waals surface area contributed by atoms with E-state index < -0.39 is 0 Å². The SMILES string of the molecule is OCCCc1ccc(C2CCCCC2)c(F)c1. The van der Waals surface area contributed by atoms with Crippen LogP contribution in [0.25, 0.3) is 0 Å². The number of hydrogen-bond acceptors (Lipinski definition) is 1. The molecule has 1 saturated carbocycles. The standard InChI is InChI=1S/C15H21FO/c16-15-11-12(5-4-10-17)8-9-14(15)13-6-2-1-3-7-13/h8-9,11,13,17H,1-7,10H2. The summed E-state index contributed by atoms with van der Waals surface area (Å²) in [5.74, 6) is 0.378. The lowest BCUT2D eigenvalue weighted by Gasteiger charge is -2.22. The molecule has 0 bridgehead atoms. The van der Waals surface area contributed by atoms with Gasteiger partial charge in [-0.15, -0.1) is 0 Å². The first kappa shape index (κ1) is 12.6. The molecule has 0 aliphatic heterocycles. The lowest BCUT2D eigenvalue weighted by Crippen LogP contribution is -2.07. The number of aliphatic hydroxyl groups excluding tert-OH is 1. The second kappa shape index (κ2) is 6.15. The maximum absolute atomic E-state index is 14.0. The molecule has 2 rings (SSSR count). The average Bonchev–Trinajstić information content (AvgIpc) is 2.37. The third-order valence-corrected chi connectivity index (χ3v) is 3.73. The molecule has 1 fully saturated rings. The summed E-state index contributed by atoms with van der Waals surface area (Å²) in [6, 6.07) is 5.63. The van der Waals surface area contributed by atoms with Gasteiger partial charge in [-0.1, -0.05) is 31.4 Å². The largest absolute Gasteiger partial charge is 0.396 e. The Bertz CT molecular complexity index is 356. The predicted octanol–water partition coefficient (Wildman–Crippen LogP) is 3.80. The highest BCUT2D eigenvalue weighted by molar-refractivity contribution is 5.27. The predicted molar refractivity (Wildman–Crippen MR) is 67.6 cm³/mol. The van der Waals surface area contributed by atoms with Gasteiger partial charge in [-0.3, -0.25) is 0 Å². The first-order valence-corrected chi connectivity index (χ1v) is 6.70. The Balaban J connectivity index is 2.07. The molecule has 1 aliphatic rings. The Labute approximate surface area is 103 Å². The van der Waals surface area contributed by atoms with E-state index in [9.17, 15) is 4.39 Å². The highest BCUT2D eigenvalue weighted by atomic mass is 19.1. The van der Waals surface area contributed by atoms with Crippen LogP contribution in [0.15, 0.2) is 18.2 Å². The topological polar surface area (TPSA) is 20.2 Å². The van der Waals surface area contributed by atoms with E-state index >= 15 is 0 Å². The Hall–Kier alpha value is -0.890. The Morgan fingerprint density at radius 1 is 1.18 bits per heavy atom. The van der Waals surface area contributed by atoms with Gasteiger partial charge in [-0.2, -0.15) is 0 Å². The highest BCUT2D eigenvalue weighted by Gasteiger charge is 2.18. The molecular formula is C15H21FO. The van der Waals surface area contributed by atoms with E-state index in [1.165, 1.54) is 19.3 Å². The number of hydrogen-bond donors (Lipinski definition) is 1. The van der Waals surface area contributed by atoms with E-state index in [1.54, 1.807) is 6.07 Å². The van der Waals surface area contributed by atoms with Crippen LogP contribution in [0, 0.1) is 5.82 Å². The molecule has 0 heterocycles. The number of aryl methyl sites for hydroxylation is 1. The van der Waals surface area contributed by atoms with Gasteiger partial charge in [0.15, 0.2) is 0 Å². The van der Waals surface area contributed by atoms with Crippen molar-refractivity contribution in [2.24, 2.45) is 0 Å². The van der Waals surface area contributed by atoms with Gasteiger partial charge in [0.2, 0.25) is 0 Å². The summed E-state index contributed by atoms with van der Waals surface area (Å²) in [5, 5.41) is 8.76. The van der Waals surface area contributed by atoms with Gasteiger partial charge >= 0.3 is 0 Å². The normalized spacial score (nSPS) is 17.3. The van der Waals surface area contributed by atoms with Gasteiger partial charge in [0.05, 0.1) is 0 Å². The van der Waals surface area contributed by atoms with Gasteiger partial charge < -0.3 is 5.11 Å². The molecule has 0 amide bonds. The molecular weight excluding hydrogens is 215 g/mol. The van der Waals surface area contributed by atoms with Gasteiger partial charge in [0, 0.05) is 6.61 Å². The molecule has 17 heavy (non-hydrogen) atoms. The smallest absolute Gasteiger partial charge is 0.126 e. The van der Waals surface area contributed by atoms with Crippen LogP contribution in [0.4, 0.5) is 4.39 Å². The van der Waals surface area contributed by atoms with E-state index in [0.29, 0.717) is 12.3 Å². The van der Waals surface area contributed by atoms with Crippen molar-refractivity contribution in [1.29, 1.82) is 0 Å². The van der Waals surface area contributed by atoms with E-state index in [2.05, 4.69) is 0 Å². The van der Waals surface area contributed by atoms with Crippen molar-refractivity contribution in [3.05, 3.63) is 35.1 Å². The zero-order valence-corrected chi connectivity index (χ0v) is 10.3. The summed E-state index contributed by atoms with van der Waals surface area (Å²) < 4.78 is 14.0. The quantitative estimate of drug-likeness (QED) is 0.843. The number of halogens is 1. The summed E-state index contributed by atoms with van der Waals surface area (Å²) in [4.78, 5) is 0. The van der Waals surface area contributed by atoms with E-state index in [-0.39, 0.29) is 12.4 Å². The number of aliphatic hydroxyl groups is 1. The molecule has 1 nitrogen and oxygen atoms in total. The zero-order chi connectivity index (χ0) is 12.1. The molecule has 2 heteroatoms. The second-order valence-corrected chi connectivity index (χ2v) is 5.02. The van der Waals surface area contributed by atoms with Crippen LogP contribution < -0.4 is 0 Å². The van der Waals surface area contributed by atoms with Crippen LogP contribution in [0.1, 0.15) is 55.6 Å². The fraction of sp³-hybridized carbons (Fsp3) is 0.600. The minimum Gasteiger partial charge on any atom is -0.396 e. The van der Waals surface area contributed by atoms with Crippen LogP contribution in [0.2, 0.25) is 0 Å². The van der Waals surface area contributed by atoms with Crippen molar-refractivity contribution in [2.75, 3.05) is 6.61 Å². The third-order valence-electron chi connectivity index (χ3n) is 3.73. The summed E-state index contributed by atoms with van der Waals surface area (Å²) in [6.07, 6.45) is 7.50.